The maximum Gasteiger partial charge on any atom is 0.0271 e. The summed E-state index contributed by atoms with van der Waals surface area (Å²) in [5, 5.41) is 0. The number of hydrogen-bond acceptors (Lipinski definition) is 3. The number of hydrogen-bond donors (Lipinski definition) is 1. The first-order valence-corrected chi connectivity index (χ1v) is 6.64. The molecule has 0 amide bonds. The van der Waals surface area contributed by atoms with Gasteiger partial charge in [-0.05, 0) is 50.4 Å². The van der Waals surface area contributed by atoms with Gasteiger partial charge < -0.3 is 5.73 Å². The van der Waals surface area contributed by atoms with Gasteiger partial charge in [0.25, 0.3) is 0 Å². The third-order valence-electron chi connectivity index (χ3n) is 3.53. The van der Waals surface area contributed by atoms with Crippen LogP contribution in [0.25, 0.3) is 0 Å². The van der Waals surface area contributed by atoms with Gasteiger partial charge in [0, 0.05) is 31.0 Å². The number of piperidine rings is 1. The summed E-state index contributed by atoms with van der Waals surface area (Å²) >= 11 is 0. The Morgan fingerprint density at radius 1 is 1.41 bits per heavy atom. The third kappa shape index (κ3) is 3.79. The van der Waals surface area contributed by atoms with Crippen LogP contribution >= 0.6 is 0 Å². The number of pyridine rings is 1. The van der Waals surface area contributed by atoms with Crippen molar-refractivity contribution in [1.82, 2.24) is 9.88 Å². The van der Waals surface area contributed by atoms with Gasteiger partial charge in [-0.15, -0.1) is 0 Å². The first-order chi connectivity index (χ1) is 8.25. The molecule has 94 valence electrons. The monoisotopic (exact) mass is 233 g/mol. The van der Waals surface area contributed by atoms with E-state index < -0.39 is 0 Å². The fraction of sp³-hybridized carbons (Fsp3) is 0.643. The molecule has 2 heterocycles. The summed E-state index contributed by atoms with van der Waals surface area (Å²) in [5.74, 6) is 0. The van der Waals surface area contributed by atoms with Gasteiger partial charge in [-0.25, -0.2) is 0 Å². The molecule has 0 radical (unpaired) electrons. The molecule has 1 saturated heterocycles. The molecular weight excluding hydrogens is 210 g/mol. The molecule has 2 unspecified atom stereocenters. The summed E-state index contributed by atoms with van der Waals surface area (Å²) in [6.45, 7) is 4.36. The molecule has 0 bridgehead atoms. The van der Waals surface area contributed by atoms with Crippen molar-refractivity contribution in [3.63, 3.8) is 0 Å². The summed E-state index contributed by atoms with van der Waals surface area (Å²) in [6.07, 6.45) is 8.84. The lowest BCUT2D eigenvalue weighted by Crippen LogP contribution is -2.41. The molecule has 1 aromatic rings. The molecule has 1 aromatic heterocycles. The number of nitrogens with zero attached hydrogens (tertiary/aromatic N) is 2. The van der Waals surface area contributed by atoms with Crippen LogP contribution in [0.3, 0.4) is 0 Å². The van der Waals surface area contributed by atoms with Gasteiger partial charge in [0.2, 0.25) is 0 Å². The van der Waals surface area contributed by atoms with Crippen LogP contribution in [-0.2, 0) is 6.54 Å². The Labute approximate surface area is 104 Å². The maximum absolute atomic E-state index is 5.94. The van der Waals surface area contributed by atoms with E-state index in [1.165, 1.54) is 31.4 Å². The van der Waals surface area contributed by atoms with Crippen molar-refractivity contribution in [1.29, 1.82) is 0 Å². The van der Waals surface area contributed by atoms with Crippen molar-refractivity contribution >= 4 is 0 Å². The fourth-order valence-corrected chi connectivity index (χ4v) is 2.69. The summed E-state index contributed by atoms with van der Waals surface area (Å²) in [6, 6.07) is 5.18. The standard InChI is InChI=1S/C14H23N3/c1-12(15)10-14-4-2-3-9-17(14)11-13-5-7-16-8-6-13/h5-8,12,14H,2-4,9-11,15H2,1H3. The summed E-state index contributed by atoms with van der Waals surface area (Å²) in [7, 11) is 0. The Kier molecular flexibility index (Phi) is 4.51. The first kappa shape index (κ1) is 12.5. The van der Waals surface area contributed by atoms with Crippen LogP contribution in [0.2, 0.25) is 0 Å². The van der Waals surface area contributed by atoms with E-state index in [4.69, 9.17) is 5.73 Å². The summed E-state index contributed by atoms with van der Waals surface area (Å²) < 4.78 is 0. The largest absolute Gasteiger partial charge is 0.328 e. The Balaban J connectivity index is 1.96. The quantitative estimate of drug-likeness (QED) is 0.866. The Hall–Kier alpha value is -0.930. The second-order valence-corrected chi connectivity index (χ2v) is 5.19. The van der Waals surface area contributed by atoms with E-state index in [0.717, 1.165) is 13.0 Å². The van der Waals surface area contributed by atoms with Gasteiger partial charge >= 0.3 is 0 Å². The van der Waals surface area contributed by atoms with Gasteiger partial charge in [-0.3, -0.25) is 9.88 Å². The molecule has 0 aromatic carbocycles. The fourth-order valence-electron chi connectivity index (χ4n) is 2.69. The van der Waals surface area contributed by atoms with Crippen molar-refractivity contribution in [2.45, 2.75) is 51.2 Å². The molecule has 3 nitrogen and oxygen atoms in total. The lowest BCUT2D eigenvalue weighted by Gasteiger charge is -2.36. The number of likely N-dealkylation sites (tertiary alicyclic amines) is 1. The third-order valence-corrected chi connectivity index (χ3v) is 3.53. The molecular formula is C14H23N3. The van der Waals surface area contributed by atoms with Crippen LogP contribution in [0, 0.1) is 0 Å². The minimum atomic E-state index is 0.304. The minimum Gasteiger partial charge on any atom is -0.328 e. The molecule has 3 heteroatoms. The Morgan fingerprint density at radius 2 is 2.18 bits per heavy atom. The zero-order valence-electron chi connectivity index (χ0n) is 10.7. The van der Waals surface area contributed by atoms with E-state index >= 15 is 0 Å². The van der Waals surface area contributed by atoms with Gasteiger partial charge in [-0.2, -0.15) is 0 Å². The van der Waals surface area contributed by atoms with Gasteiger partial charge in [0.15, 0.2) is 0 Å². The molecule has 2 atom stereocenters. The molecule has 1 aliphatic heterocycles. The summed E-state index contributed by atoms with van der Waals surface area (Å²) in [4.78, 5) is 6.65. The zero-order valence-corrected chi connectivity index (χ0v) is 10.7. The van der Waals surface area contributed by atoms with Gasteiger partial charge in [0.1, 0.15) is 0 Å². The van der Waals surface area contributed by atoms with E-state index in [9.17, 15) is 0 Å². The molecule has 0 aliphatic carbocycles. The second-order valence-electron chi connectivity index (χ2n) is 5.19. The molecule has 0 spiro atoms. The zero-order chi connectivity index (χ0) is 12.1. The normalized spacial score (nSPS) is 23.5. The highest BCUT2D eigenvalue weighted by Crippen LogP contribution is 2.22. The second kappa shape index (κ2) is 6.12. The van der Waals surface area contributed by atoms with Crippen LogP contribution in [-0.4, -0.2) is 28.5 Å². The van der Waals surface area contributed by atoms with E-state index in [1.807, 2.05) is 12.4 Å². The highest BCUT2D eigenvalue weighted by molar-refractivity contribution is 5.09. The van der Waals surface area contributed by atoms with Crippen LogP contribution in [0.4, 0.5) is 0 Å². The van der Waals surface area contributed by atoms with Crippen molar-refractivity contribution in [2.75, 3.05) is 6.54 Å². The smallest absolute Gasteiger partial charge is 0.0271 e. The molecule has 2 rings (SSSR count). The molecule has 1 fully saturated rings. The molecule has 17 heavy (non-hydrogen) atoms. The van der Waals surface area contributed by atoms with E-state index in [-0.39, 0.29) is 0 Å². The highest BCUT2D eigenvalue weighted by atomic mass is 15.2. The predicted octanol–water partition coefficient (Wildman–Crippen LogP) is 2.17. The average molecular weight is 233 g/mol. The first-order valence-electron chi connectivity index (χ1n) is 6.64. The van der Waals surface area contributed by atoms with Crippen molar-refractivity contribution < 1.29 is 0 Å². The Morgan fingerprint density at radius 3 is 2.88 bits per heavy atom. The average Bonchev–Trinajstić information content (AvgIpc) is 2.32. The van der Waals surface area contributed by atoms with Crippen molar-refractivity contribution in [3.05, 3.63) is 30.1 Å². The van der Waals surface area contributed by atoms with Crippen LogP contribution in [0.1, 0.15) is 38.2 Å². The van der Waals surface area contributed by atoms with E-state index in [0.29, 0.717) is 12.1 Å². The summed E-state index contributed by atoms with van der Waals surface area (Å²) in [5.41, 5.74) is 7.30. The van der Waals surface area contributed by atoms with Gasteiger partial charge in [-0.1, -0.05) is 6.42 Å². The number of aromatic nitrogens is 1. The topological polar surface area (TPSA) is 42.1 Å². The SMILES string of the molecule is CC(N)CC1CCCCN1Cc1ccncc1. The molecule has 2 N–H and O–H groups in total. The van der Waals surface area contributed by atoms with E-state index in [1.54, 1.807) is 0 Å². The van der Waals surface area contributed by atoms with E-state index in [2.05, 4.69) is 28.9 Å². The van der Waals surface area contributed by atoms with Crippen LogP contribution in [0.15, 0.2) is 24.5 Å². The van der Waals surface area contributed by atoms with Gasteiger partial charge in [0.05, 0.1) is 0 Å². The highest BCUT2D eigenvalue weighted by Gasteiger charge is 2.23. The lowest BCUT2D eigenvalue weighted by molar-refractivity contribution is 0.127. The number of nitrogens with two attached hydrogens (primary N) is 1. The van der Waals surface area contributed by atoms with Crippen LogP contribution in [0.5, 0.6) is 0 Å². The maximum atomic E-state index is 5.94. The molecule has 0 saturated carbocycles. The number of rotatable bonds is 4. The lowest BCUT2D eigenvalue weighted by atomic mass is 9.96. The van der Waals surface area contributed by atoms with Crippen LogP contribution < -0.4 is 5.73 Å². The van der Waals surface area contributed by atoms with Crippen molar-refractivity contribution in [2.24, 2.45) is 5.73 Å². The van der Waals surface area contributed by atoms with Crippen molar-refractivity contribution in [3.8, 4) is 0 Å². The molecule has 1 aliphatic rings. The minimum absolute atomic E-state index is 0.304. The Bertz CT molecular complexity index is 323. The predicted molar refractivity (Wildman–Crippen MR) is 70.6 cm³/mol.